The quantitative estimate of drug-likeness (QED) is 0.911. The summed E-state index contributed by atoms with van der Waals surface area (Å²) in [6.07, 6.45) is 0.941. The number of benzene rings is 2. The van der Waals surface area contributed by atoms with Crippen molar-refractivity contribution in [2.24, 2.45) is 5.73 Å². The summed E-state index contributed by atoms with van der Waals surface area (Å²) < 4.78 is 6.37. The van der Waals surface area contributed by atoms with Crippen molar-refractivity contribution in [2.75, 3.05) is 13.7 Å². The minimum atomic E-state index is 0.316. The Morgan fingerprint density at radius 3 is 2.53 bits per heavy atom. The van der Waals surface area contributed by atoms with E-state index in [1.54, 1.807) is 7.11 Å². The average molecular weight is 320 g/mol. The van der Waals surface area contributed by atoms with Crippen molar-refractivity contribution < 1.29 is 4.74 Å². The van der Waals surface area contributed by atoms with Crippen LogP contribution in [0.2, 0.25) is 0 Å². The zero-order valence-corrected chi connectivity index (χ0v) is 12.6. The summed E-state index contributed by atoms with van der Waals surface area (Å²) in [5.74, 6) is 1.20. The largest absolute Gasteiger partial charge is 0.497 e. The monoisotopic (exact) mass is 319 g/mol. The van der Waals surface area contributed by atoms with E-state index in [2.05, 4.69) is 52.3 Å². The Hall–Kier alpha value is -1.32. The van der Waals surface area contributed by atoms with Crippen molar-refractivity contribution in [3.05, 3.63) is 64.1 Å². The van der Waals surface area contributed by atoms with Gasteiger partial charge in [0, 0.05) is 10.4 Å². The lowest BCUT2D eigenvalue weighted by Gasteiger charge is -2.16. The molecule has 1 atom stereocenters. The first-order valence-electron chi connectivity index (χ1n) is 6.31. The molecule has 2 rings (SSSR count). The van der Waals surface area contributed by atoms with E-state index in [1.807, 2.05) is 12.1 Å². The molecule has 0 aliphatic rings. The fourth-order valence-electron chi connectivity index (χ4n) is 2.14. The van der Waals surface area contributed by atoms with Crippen molar-refractivity contribution >= 4 is 15.9 Å². The minimum absolute atomic E-state index is 0.316. The van der Waals surface area contributed by atoms with Crippen LogP contribution in [0.3, 0.4) is 0 Å². The summed E-state index contributed by atoms with van der Waals surface area (Å²) in [6.45, 7) is 0.628. The van der Waals surface area contributed by atoms with Crippen LogP contribution >= 0.6 is 15.9 Å². The fourth-order valence-corrected chi connectivity index (χ4v) is 2.40. The van der Waals surface area contributed by atoms with Gasteiger partial charge >= 0.3 is 0 Å². The molecular formula is C16H18BrNO. The van der Waals surface area contributed by atoms with Crippen molar-refractivity contribution in [3.63, 3.8) is 0 Å². The Morgan fingerprint density at radius 1 is 1.16 bits per heavy atom. The second-order valence-corrected chi connectivity index (χ2v) is 5.46. The van der Waals surface area contributed by atoms with Gasteiger partial charge in [-0.15, -0.1) is 0 Å². The Balaban J connectivity index is 2.17. The molecule has 0 spiro atoms. The second-order valence-electron chi connectivity index (χ2n) is 4.54. The van der Waals surface area contributed by atoms with Gasteiger partial charge in [0.1, 0.15) is 5.75 Å². The number of hydrogen-bond donors (Lipinski definition) is 1. The molecule has 19 heavy (non-hydrogen) atoms. The van der Waals surface area contributed by atoms with Gasteiger partial charge in [-0.05, 0) is 48.4 Å². The first-order valence-corrected chi connectivity index (χ1v) is 7.10. The maximum atomic E-state index is 5.92. The third kappa shape index (κ3) is 3.82. The van der Waals surface area contributed by atoms with Crippen LogP contribution in [0.5, 0.6) is 5.75 Å². The van der Waals surface area contributed by atoms with Crippen LogP contribution < -0.4 is 10.5 Å². The highest BCUT2D eigenvalue weighted by Gasteiger charge is 2.11. The van der Waals surface area contributed by atoms with E-state index in [0.29, 0.717) is 12.5 Å². The number of halogens is 1. The first kappa shape index (κ1) is 14.1. The van der Waals surface area contributed by atoms with E-state index in [0.717, 1.165) is 16.6 Å². The molecule has 0 heterocycles. The zero-order valence-electron chi connectivity index (χ0n) is 11.0. The molecule has 2 aromatic rings. The third-order valence-corrected chi connectivity index (χ3v) is 3.77. The molecule has 2 nitrogen and oxygen atoms in total. The maximum absolute atomic E-state index is 5.92. The molecular weight excluding hydrogens is 302 g/mol. The van der Waals surface area contributed by atoms with Gasteiger partial charge in [0.2, 0.25) is 0 Å². The van der Waals surface area contributed by atoms with Crippen molar-refractivity contribution in [1.82, 2.24) is 0 Å². The van der Waals surface area contributed by atoms with Crippen LogP contribution in [0.4, 0.5) is 0 Å². The van der Waals surface area contributed by atoms with Crippen LogP contribution in [0.1, 0.15) is 17.0 Å². The summed E-state index contributed by atoms with van der Waals surface area (Å²) in [5.41, 5.74) is 8.44. The van der Waals surface area contributed by atoms with Crippen molar-refractivity contribution in [2.45, 2.75) is 12.3 Å². The minimum Gasteiger partial charge on any atom is -0.497 e. The van der Waals surface area contributed by atoms with Gasteiger partial charge in [-0.25, -0.2) is 0 Å². The van der Waals surface area contributed by atoms with E-state index in [1.165, 1.54) is 11.1 Å². The van der Waals surface area contributed by atoms with Gasteiger partial charge in [-0.3, -0.25) is 0 Å². The smallest absolute Gasteiger partial charge is 0.119 e. The first-order chi connectivity index (χ1) is 9.22. The van der Waals surface area contributed by atoms with E-state index in [9.17, 15) is 0 Å². The second kappa shape index (κ2) is 6.73. The maximum Gasteiger partial charge on any atom is 0.119 e. The molecule has 0 saturated heterocycles. The van der Waals surface area contributed by atoms with Crippen LogP contribution in [-0.4, -0.2) is 13.7 Å². The van der Waals surface area contributed by atoms with Crippen LogP contribution in [-0.2, 0) is 6.42 Å². The molecule has 0 aromatic heterocycles. The van der Waals surface area contributed by atoms with Crippen molar-refractivity contribution in [3.8, 4) is 5.75 Å². The summed E-state index contributed by atoms with van der Waals surface area (Å²) in [6, 6.07) is 16.5. The normalized spacial score (nSPS) is 12.2. The van der Waals surface area contributed by atoms with Gasteiger partial charge in [0.05, 0.1) is 7.11 Å². The number of hydrogen-bond acceptors (Lipinski definition) is 2. The molecule has 3 heteroatoms. The molecule has 0 saturated carbocycles. The Morgan fingerprint density at radius 2 is 1.89 bits per heavy atom. The lowest BCUT2D eigenvalue weighted by molar-refractivity contribution is 0.413. The number of rotatable bonds is 5. The van der Waals surface area contributed by atoms with E-state index >= 15 is 0 Å². The molecule has 0 fully saturated rings. The number of nitrogens with two attached hydrogens (primary N) is 1. The van der Waals surface area contributed by atoms with Gasteiger partial charge in [-0.2, -0.15) is 0 Å². The van der Waals surface area contributed by atoms with Gasteiger partial charge in [-0.1, -0.05) is 40.2 Å². The third-order valence-electron chi connectivity index (χ3n) is 3.25. The average Bonchev–Trinajstić information content (AvgIpc) is 2.46. The highest BCUT2D eigenvalue weighted by Crippen LogP contribution is 2.24. The van der Waals surface area contributed by atoms with E-state index in [4.69, 9.17) is 10.5 Å². The SMILES string of the molecule is COc1cccc(C(CN)Cc2ccc(Br)cc2)c1. The molecule has 2 N–H and O–H groups in total. The van der Waals surface area contributed by atoms with Crippen LogP contribution in [0.25, 0.3) is 0 Å². The van der Waals surface area contributed by atoms with Crippen LogP contribution in [0.15, 0.2) is 53.0 Å². The zero-order chi connectivity index (χ0) is 13.7. The highest BCUT2D eigenvalue weighted by molar-refractivity contribution is 9.10. The van der Waals surface area contributed by atoms with Gasteiger partial charge < -0.3 is 10.5 Å². The summed E-state index contributed by atoms with van der Waals surface area (Å²) >= 11 is 3.45. The summed E-state index contributed by atoms with van der Waals surface area (Å²) in [4.78, 5) is 0. The number of methoxy groups -OCH3 is 1. The molecule has 0 aliphatic heterocycles. The molecule has 0 aliphatic carbocycles. The molecule has 0 amide bonds. The van der Waals surface area contributed by atoms with Gasteiger partial charge in [0.15, 0.2) is 0 Å². The predicted octanol–water partition coefficient (Wildman–Crippen LogP) is 3.74. The molecule has 2 aromatic carbocycles. The predicted molar refractivity (Wildman–Crippen MR) is 82.6 cm³/mol. The summed E-state index contributed by atoms with van der Waals surface area (Å²) in [7, 11) is 1.69. The molecule has 0 bridgehead atoms. The van der Waals surface area contributed by atoms with Crippen LogP contribution in [0, 0.1) is 0 Å². The topological polar surface area (TPSA) is 35.2 Å². The molecule has 0 radical (unpaired) electrons. The fraction of sp³-hybridized carbons (Fsp3) is 0.250. The standard InChI is InChI=1S/C16H18BrNO/c1-19-16-4-2-3-13(10-16)14(11-18)9-12-5-7-15(17)8-6-12/h2-8,10,14H,9,11,18H2,1H3. The Labute approximate surface area is 122 Å². The number of ether oxygens (including phenoxy) is 1. The van der Waals surface area contributed by atoms with Gasteiger partial charge in [0.25, 0.3) is 0 Å². The summed E-state index contributed by atoms with van der Waals surface area (Å²) in [5, 5.41) is 0. The van der Waals surface area contributed by atoms with E-state index < -0.39 is 0 Å². The highest BCUT2D eigenvalue weighted by atomic mass is 79.9. The van der Waals surface area contributed by atoms with Crippen molar-refractivity contribution in [1.29, 1.82) is 0 Å². The van der Waals surface area contributed by atoms with E-state index in [-0.39, 0.29) is 0 Å². The molecule has 100 valence electrons. The lowest BCUT2D eigenvalue weighted by Crippen LogP contribution is -2.15. The lowest BCUT2D eigenvalue weighted by atomic mass is 9.92. The Kier molecular flexibility index (Phi) is 5.00. The molecule has 1 unspecified atom stereocenters. The Bertz CT molecular complexity index is 525.